The van der Waals surface area contributed by atoms with Gasteiger partial charge in [0, 0.05) is 12.1 Å². The molecule has 25 heavy (non-hydrogen) atoms. The van der Waals surface area contributed by atoms with Gasteiger partial charge in [-0.15, -0.1) is 0 Å². The Morgan fingerprint density at radius 1 is 1.00 bits per heavy atom. The quantitative estimate of drug-likeness (QED) is 0.812. The summed E-state index contributed by atoms with van der Waals surface area (Å²) in [6.07, 6.45) is -4.30. The first kappa shape index (κ1) is 18.8. The minimum Gasteiger partial charge on any atom is -0.481 e. The molecule has 0 aliphatic rings. The minimum atomic E-state index is -4.50. The molecule has 2 aromatic carbocycles. The second kappa shape index (κ2) is 7.14. The Morgan fingerprint density at radius 3 is 2.04 bits per heavy atom. The summed E-state index contributed by atoms with van der Waals surface area (Å²) in [7, 11) is -3.96. The molecule has 0 spiro atoms. The first-order valence-corrected chi connectivity index (χ1v) is 8.57. The van der Waals surface area contributed by atoms with Crippen LogP contribution in [-0.4, -0.2) is 19.5 Å². The average Bonchev–Trinajstić information content (AvgIpc) is 2.52. The molecule has 0 saturated heterocycles. The van der Waals surface area contributed by atoms with E-state index in [0.29, 0.717) is 5.56 Å². The van der Waals surface area contributed by atoms with Crippen LogP contribution in [0.1, 0.15) is 17.5 Å². The third-order valence-corrected chi connectivity index (χ3v) is 4.72. The fraction of sp³-hybridized carbons (Fsp3) is 0.188. The zero-order valence-corrected chi connectivity index (χ0v) is 13.6. The maximum absolute atomic E-state index is 12.5. The van der Waals surface area contributed by atoms with E-state index in [-0.39, 0.29) is 23.4 Å². The first-order chi connectivity index (χ1) is 11.6. The van der Waals surface area contributed by atoms with Gasteiger partial charge in [0.05, 0.1) is 10.5 Å². The number of halogens is 3. The summed E-state index contributed by atoms with van der Waals surface area (Å²) in [4.78, 5) is 10.4. The number of aliphatic carboxylic acids is 1. The monoisotopic (exact) mass is 373 g/mol. The number of alkyl halides is 3. The van der Waals surface area contributed by atoms with E-state index in [4.69, 9.17) is 5.11 Å². The Balaban J connectivity index is 2.12. The summed E-state index contributed by atoms with van der Waals surface area (Å²) in [5.74, 6) is -0.958. The van der Waals surface area contributed by atoms with Gasteiger partial charge in [-0.05, 0) is 48.4 Å². The van der Waals surface area contributed by atoms with Gasteiger partial charge in [0.2, 0.25) is 0 Å². The van der Waals surface area contributed by atoms with Gasteiger partial charge in [0.1, 0.15) is 0 Å². The maximum Gasteiger partial charge on any atom is 0.416 e. The van der Waals surface area contributed by atoms with Crippen LogP contribution in [0.4, 0.5) is 18.9 Å². The van der Waals surface area contributed by atoms with E-state index in [9.17, 15) is 26.4 Å². The van der Waals surface area contributed by atoms with E-state index in [1.807, 2.05) is 0 Å². The summed E-state index contributed by atoms with van der Waals surface area (Å²) < 4.78 is 64.2. The largest absolute Gasteiger partial charge is 0.481 e. The van der Waals surface area contributed by atoms with Gasteiger partial charge in [-0.2, -0.15) is 13.2 Å². The summed E-state index contributed by atoms with van der Waals surface area (Å²) in [6, 6.07) is 9.23. The maximum atomic E-state index is 12.5. The Morgan fingerprint density at radius 2 is 1.56 bits per heavy atom. The molecule has 0 aromatic heterocycles. The highest BCUT2D eigenvalue weighted by atomic mass is 32.2. The van der Waals surface area contributed by atoms with Crippen LogP contribution in [0.15, 0.2) is 53.4 Å². The molecule has 0 saturated carbocycles. The molecule has 0 bridgehead atoms. The van der Waals surface area contributed by atoms with Crippen molar-refractivity contribution in [3.8, 4) is 0 Å². The van der Waals surface area contributed by atoms with Crippen LogP contribution in [0.2, 0.25) is 0 Å². The number of hydrogen-bond acceptors (Lipinski definition) is 3. The van der Waals surface area contributed by atoms with Crippen molar-refractivity contribution in [2.24, 2.45) is 0 Å². The van der Waals surface area contributed by atoms with Crippen LogP contribution < -0.4 is 4.72 Å². The molecular formula is C16H14F3NO4S. The van der Waals surface area contributed by atoms with Gasteiger partial charge in [-0.1, -0.05) is 12.1 Å². The van der Waals surface area contributed by atoms with Gasteiger partial charge < -0.3 is 5.11 Å². The number of rotatable bonds is 6. The molecule has 134 valence electrons. The molecule has 2 rings (SSSR count). The molecule has 2 N–H and O–H groups in total. The summed E-state index contributed by atoms with van der Waals surface area (Å²) in [5, 5.41) is 8.62. The van der Waals surface area contributed by atoms with E-state index in [1.54, 1.807) is 0 Å². The fourth-order valence-corrected chi connectivity index (χ4v) is 3.09. The lowest BCUT2D eigenvalue weighted by molar-refractivity contribution is -0.138. The molecule has 0 heterocycles. The molecule has 0 aliphatic carbocycles. The SMILES string of the molecule is O=C(O)CCc1ccc(S(=O)(=O)Nc2ccc(C(F)(F)F)cc2)cc1. The van der Waals surface area contributed by atoms with E-state index in [0.717, 1.165) is 24.3 Å². The number of nitrogens with one attached hydrogen (secondary N) is 1. The lowest BCUT2D eigenvalue weighted by Gasteiger charge is -2.10. The molecule has 0 unspecified atom stereocenters. The van der Waals surface area contributed by atoms with Crippen molar-refractivity contribution in [1.82, 2.24) is 0 Å². The summed E-state index contributed by atoms with van der Waals surface area (Å²) >= 11 is 0. The molecular weight excluding hydrogens is 359 g/mol. The van der Waals surface area contributed by atoms with Gasteiger partial charge in [0.15, 0.2) is 0 Å². The number of carboxylic acids is 1. The van der Waals surface area contributed by atoms with Gasteiger partial charge in [-0.3, -0.25) is 9.52 Å². The fourth-order valence-electron chi connectivity index (χ4n) is 2.03. The second-order valence-electron chi connectivity index (χ2n) is 5.22. The molecule has 0 aliphatic heterocycles. The number of benzene rings is 2. The lowest BCUT2D eigenvalue weighted by atomic mass is 10.1. The number of aryl methyl sites for hydroxylation is 1. The number of anilines is 1. The van der Waals surface area contributed by atoms with Crippen LogP contribution in [0.3, 0.4) is 0 Å². The Kier molecular flexibility index (Phi) is 5.36. The van der Waals surface area contributed by atoms with Crippen molar-refractivity contribution >= 4 is 21.7 Å². The van der Waals surface area contributed by atoms with Gasteiger partial charge in [0.25, 0.3) is 10.0 Å². The van der Waals surface area contributed by atoms with Crippen molar-refractivity contribution < 1.29 is 31.5 Å². The van der Waals surface area contributed by atoms with E-state index in [1.165, 1.54) is 24.3 Å². The van der Waals surface area contributed by atoms with Crippen molar-refractivity contribution in [3.05, 3.63) is 59.7 Å². The molecule has 0 fully saturated rings. The van der Waals surface area contributed by atoms with Crippen molar-refractivity contribution in [2.45, 2.75) is 23.9 Å². The van der Waals surface area contributed by atoms with Crippen LogP contribution >= 0.6 is 0 Å². The molecule has 0 amide bonds. The minimum absolute atomic E-state index is 0.00273. The predicted octanol–water partition coefficient (Wildman–Crippen LogP) is 3.52. The van der Waals surface area contributed by atoms with Crippen LogP contribution in [0.5, 0.6) is 0 Å². The van der Waals surface area contributed by atoms with E-state index in [2.05, 4.69) is 4.72 Å². The second-order valence-corrected chi connectivity index (χ2v) is 6.90. The number of hydrogen-bond donors (Lipinski definition) is 2. The van der Waals surface area contributed by atoms with Crippen molar-refractivity contribution in [3.63, 3.8) is 0 Å². The average molecular weight is 373 g/mol. The predicted molar refractivity (Wildman–Crippen MR) is 84.7 cm³/mol. The van der Waals surface area contributed by atoms with Crippen LogP contribution in [-0.2, 0) is 27.4 Å². The number of sulfonamides is 1. The Labute approximate surface area is 142 Å². The number of carbonyl (C=O) groups is 1. The van der Waals surface area contributed by atoms with Crippen molar-refractivity contribution in [1.29, 1.82) is 0 Å². The number of carboxylic acid groups (broad SMARTS) is 1. The third-order valence-electron chi connectivity index (χ3n) is 3.33. The zero-order chi connectivity index (χ0) is 18.7. The highest BCUT2D eigenvalue weighted by molar-refractivity contribution is 7.92. The Hall–Kier alpha value is -2.55. The highest BCUT2D eigenvalue weighted by Gasteiger charge is 2.30. The molecule has 0 radical (unpaired) electrons. The zero-order valence-electron chi connectivity index (χ0n) is 12.7. The normalized spacial score (nSPS) is 12.0. The standard InChI is InChI=1S/C16H14F3NO4S/c17-16(18,19)12-4-6-13(7-5-12)20-25(23,24)14-8-1-11(2-9-14)3-10-15(21)22/h1-2,4-9,20H,3,10H2,(H,21,22). The van der Waals surface area contributed by atoms with Crippen molar-refractivity contribution in [2.75, 3.05) is 4.72 Å². The third kappa shape index (κ3) is 5.21. The topological polar surface area (TPSA) is 83.5 Å². The van der Waals surface area contributed by atoms with Gasteiger partial charge in [-0.25, -0.2) is 8.42 Å². The first-order valence-electron chi connectivity index (χ1n) is 7.09. The highest BCUT2D eigenvalue weighted by Crippen LogP contribution is 2.30. The summed E-state index contributed by atoms with van der Waals surface area (Å²) in [5.41, 5.74) is -0.211. The molecule has 5 nitrogen and oxygen atoms in total. The molecule has 0 atom stereocenters. The van der Waals surface area contributed by atoms with Crippen LogP contribution in [0, 0.1) is 0 Å². The smallest absolute Gasteiger partial charge is 0.416 e. The van der Waals surface area contributed by atoms with Gasteiger partial charge >= 0.3 is 12.1 Å². The van der Waals surface area contributed by atoms with E-state index >= 15 is 0 Å². The van der Waals surface area contributed by atoms with E-state index < -0.39 is 27.7 Å². The molecule has 9 heteroatoms. The molecule has 2 aromatic rings. The van der Waals surface area contributed by atoms with Crippen LogP contribution in [0.25, 0.3) is 0 Å². The lowest BCUT2D eigenvalue weighted by Crippen LogP contribution is -2.13. The Bertz CT molecular complexity index is 844. The summed E-state index contributed by atoms with van der Waals surface area (Å²) in [6.45, 7) is 0.